The largest absolute Gasteiger partial charge is 0.377 e. The van der Waals surface area contributed by atoms with Gasteiger partial charge >= 0.3 is 6.03 Å². The van der Waals surface area contributed by atoms with Crippen molar-refractivity contribution in [2.75, 3.05) is 10.6 Å². The Bertz CT molecular complexity index is 1220. The number of hydrazone groups is 1. The van der Waals surface area contributed by atoms with E-state index < -0.39 is 0 Å². The summed E-state index contributed by atoms with van der Waals surface area (Å²) in [6.45, 7) is 8.20. The molecule has 0 aliphatic carbocycles. The highest BCUT2D eigenvalue weighted by Gasteiger charge is 2.26. The van der Waals surface area contributed by atoms with Crippen LogP contribution < -0.4 is 16.1 Å². The maximum absolute atomic E-state index is 12.5. The molecule has 0 radical (unpaired) electrons. The average molecular weight is 447 g/mol. The monoisotopic (exact) mass is 446 g/mol. The Kier molecular flexibility index (Phi) is 6.19. The number of urea groups is 1. The van der Waals surface area contributed by atoms with Crippen molar-refractivity contribution in [2.24, 2.45) is 5.10 Å². The molecule has 32 heavy (non-hydrogen) atoms. The minimum atomic E-state index is -0.380. The third-order valence-corrected chi connectivity index (χ3v) is 5.98. The van der Waals surface area contributed by atoms with E-state index in [9.17, 15) is 4.79 Å². The van der Waals surface area contributed by atoms with E-state index >= 15 is 0 Å². The highest BCUT2D eigenvalue weighted by molar-refractivity contribution is 6.31. The van der Waals surface area contributed by atoms with E-state index in [0.717, 1.165) is 33.8 Å². The van der Waals surface area contributed by atoms with E-state index in [1.54, 1.807) is 0 Å². The zero-order valence-electron chi connectivity index (χ0n) is 18.7. The van der Waals surface area contributed by atoms with Crippen molar-refractivity contribution in [3.63, 3.8) is 0 Å². The molecule has 6 heteroatoms. The lowest BCUT2D eigenvalue weighted by Crippen LogP contribution is -2.29. The minimum Gasteiger partial charge on any atom is -0.377 e. The van der Waals surface area contributed by atoms with Crippen LogP contribution in [0.2, 0.25) is 5.02 Å². The van der Waals surface area contributed by atoms with E-state index in [1.807, 2.05) is 50.2 Å². The van der Waals surface area contributed by atoms with Crippen LogP contribution in [0.25, 0.3) is 0 Å². The third kappa shape index (κ3) is 4.78. The van der Waals surface area contributed by atoms with E-state index in [0.29, 0.717) is 11.4 Å². The van der Waals surface area contributed by atoms with Crippen LogP contribution >= 0.6 is 11.6 Å². The van der Waals surface area contributed by atoms with Crippen molar-refractivity contribution in [3.8, 4) is 0 Å². The zero-order chi connectivity index (χ0) is 22.8. The van der Waals surface area contributed by atoms with Crippen molar-refractivity contribution < 1.29 is 4.79 Å². The van der Waals surface area contributed by atoms with Gasteiger partial charge in [-0.05, 0) is 68.7 Å². The maximum Gasteiger partial charge on any atom is 0.339 e. The average Bonchev–Trinajstić information content (AvgIpc) is 2.74. The maximum atomic E-state index is 12.5. The SMILES string of the molecule is Cc1ccc(NC(=O)NN=C2CC(c3ccc(C)cc3C)Nc3ccc(Cl)cc32)c(C)c1. The Morgan fingerprint density at radius 1 is 0.969 bits per heavy atom. The Labute approximate surface area is 193 Å². The summed E-state index contributed by atoms with van der Waals surface area (Å²) in [7, 11) is 0. The van der Waals surface area contributed by atoms with Crippen molar-refractivity contribution in [2.45, 2.75) is 40.2 Å². The van der Waals surface area contributed by atoms with Gasteiger partial charge in [0.2, 0.25) is 0 Å². The number of halogens is 1. The molecule has 0 saturated heterocycles. The molecule has 164 valence electrons. The molecule has 0 aromatic heterocycles. The topological polar surface area (TPSA) is 65.5 Å². The first kappa shape index (κ1) is 21.9. The molecular weight excluding hydrogens is 420 g/mol. The second kappa shape index (κ2) is 9.05. The molecule has 0 spiro atoms. The highest BCUT2D eigenvalue weighted by atomic mass is 35.5. The highest BCUT2D eigenvalue weighted by Crippen LogP contribution is 2.35. The molecule has 3 aromatic carbocycles. The van der Waals surface area contributed by atoms with Gasteiger partial charge in [-0.15, -0.1) is 0 Å². The summed E-state index contributed by atoms with van der Waals surface area (Å²) in [5.74, 6) is 0. The number of nitrogens with zero attached hydrogens (tertiary/aromatic N) is 1. The van der Waals surface area contributed by atoms with Gasteiger partial charge in [-0.1, -0.05) is 53.1 Å². The van der Waals surface area contributed by atoms with Gasteiger partial charge in [0.15, 0.2) is 0 Å². The Morgan fingerprint density at radius 3 is 2.41 bits per heavy atom. The fourth-order valence-corrected chi connectivity index (χ4v) is 4.33. The summed E-state index contributed by atoms with van der Waals surface area (Å²) in [6, 6.07) is 17.7. The van der Waals surface area contributed by atoms with Crippen molar-refractivity contribution >= 4 is 34.7 Å². The van der Waals surface area contributed by atoms with Gasteiger partial charge < -0.3 is 10.6 Å². The van der Waals surface area contributed by atoms with Gasteiger partial charge in [0.05, 0.1) is 11.8 Å². The summed E-state index contributed by atoms with van der Waals surface area (Å²) in [5.41, 5.74) is 11.9. The summed E-state index contributed by atoms with van der Waals surface area (Å²) >= 11 is 6.26. The fraction of sp³-hybridized carbons (Fsp3) is 0.231. The lowest BCUT2D eigenvalue weighted by molar-refractivity contribution is 0.252. The number of amides is 2. The number of hydrogen-bond acceptors (Lipinski definition) is 3. The molecule has 1 aliphatic rings. The van der Waals surface area contributed by atoms with E-state index in [4.69, 9.17) is 11.6 Å². The number of nitrogens with one attached hydrogen (secondary N) is 3. The summed E-state index contributed by atoms with van der Waals surface area (Å²) < 4.78 is 0. The number of anilines is 2. The van der Waals surface area contributed by atoms with E-state index in [-0.39, 0.29) is 12.1 Å². The summed E-state index contributed by atoms with van der Waals surface area (Å²) in [4.78, 5) is 12.5. The van der Waals surface area contributed by atoms with Crippen LogP contribution in [0.4, 0.5) is 16.2 Å². The normalized spacial score (nSPS) is 16.3. The predicted molar refractivity (Wildman–Crippen MR) is 133 cm³/mol. The first-order chi connectivity index (χ1) is 15.3. The summed E-state index contributed by atoms with van der Waals surface area (Å²) in [6.07, 6.45) is 0.626. The van der Waals surface area contributed by atoms with E-state index in [1.165, 1.54) is 16.7 Å². The second-order valence-electron chi connectivity index (χ2n) is 8.39. The molecule has 0 bridgehead atoms. The molecule has 4 rings (SSSR count). The number of benzene rings is 3. The Morgan fingerprint density at radius 2 is 1.69 bits per heavy atom. The molecule has 3 aromatic rings. The number of rotatable bonds is 3. The van der Waals surface area contributed by atoms with Crippen LogP contribution in [0.1, 0.15) is 45.8 Å². The Balaban J connectivity index is 1.60. The molecule has 3 N–H and O–H groups in total. The minimum absolute atomic E-state index is 0.0484. The van der Waals surface area contributed by atoms with Crippen LogP contribution in [0.3, 0.4) is 0 Å². The second-order valence-corrected chi connectivity index (χ2v) is 8.83. The third-order valence-electron chi connectivity index (χ3n) is 5.74. The van der Waals surface area contributed by atoms with Gasteiger partial charge in [0.1, 0.15) is 0 Å². The van der Waals surface area contributed by atoms with Gasteiger partial charge in [0.25, 0.3) is 0 Å². The van der Waals surface area contributed by atoms with Crippen LogP contribution in [0.15, 0.2) is 59.7 Å². The number of carbonyl (C=O) groups excluding carboxylic acids is 1. The van der Waals surface area contributed by atoms with Crippen molar-refractivity contribution in [1.29, 1.82) is 0 Å². The smallest absolute Gasteiger partial charge is 0.339 e. The molecule has 1 atom stereocenters. The van der Waals surface area contributed by atoms with Crippen LogP contribution in [-0.4, -0.2) is 11.7 Å². The zero-order valence-corrected chi connectivity index (χ0v) is 19.5. The van der Waals surface area contributed by atoms with Crippen LogP contribution in [0, 0.1) is 27.7 Å². The lowest BCUT2D eigenvalue weighted by Gasteiger charge is -2.29. The fourth-order valence-electron chi connectivity index (χ4n) is 4.16. The number of aryl methyl sites for hydroxylation is 4. The van der Waals surface area contributed by atoms with Crippen LogP contribution in [0.5, 0.6) is 0 Å². The van der Waals surface area contributed by atoms with Gasteiger partial charge in [-0.3, -0.25) is 0 Å². The molecular formula is C26H27ClN4O. The number of fused-ring (bicyclic) bond motifs is 1. The molecule has 5 nitrogen and oxygen atoms in total. The number of carbonyl (C=O) groups is 1. The first-order valence-corrected chi connectivity index (χ1v) is 11.0. The standard InChI is InChI=1S/C26H27ClN4O/c1-15-5-8-20(17(3)11-15)24-14-25(21-13-19(27)7-10-23(21)28-24)30-31-26(32)29-22-9-6-16(2)12-18(22)4/h5-13,24,28H,14H2,1-4H3,(H2,29,31,32). The molecule has 0 fully saturated rings. The first-order valence-electron chi connectivity index (χ1n) is 10.6. The van der Waals surface area contributed by atoms with Gasteiger partial charge in [-0.25, -0.2) is 10.2 Å². The predicted octanol–water partition coefficient (Wildman–Crippen LogP) is 6.66. The Hall–Kier alpha value is -3.31. The van der Waals surface area contributed by atoms with Crippen LogP contribution in [-0.2, 0) is 0 Å². The van der Waals surface area contributed by atoms with Gasteiger partial charge in [-0.2, -0.15) is 5.10 Å². The van der Waals surface area contributed by atoms with E-state index in [2.05, 4.69) is 53.2 Å². The quantitative estimate of drug-likeness (QED) is 0.394. The van der Waals surface area contributed by atoms with Crippen molar-refractivity contribution in [1.82, 2.24) is 5.43 Å². The molecule has 1 unspecified atom stereocenters. The lowest BCUT2D eigenvalue weighted by atomic mass is 9.89. The summed E-state index contributed by atoms with van der Waals surface area (Å²) in [5, 5.41) is 11.6. The molecule has 0 saturated carbocycles. The van der Waals surface area contributed by atoms with Gasteiger partial charge in [0, 0.05) is 28.4 Å². The molecule has 1 heterocycles. The number of hydrogen-bond donors (Lipinski definition) is 3. The van der Waals surface area contributed by atoms with Crippen molar-refractivity contribution in [3.05, 3.63) is 93.0 Å². The molecule has 2 amide bonds. The molecule has 1 aliphatic heterocycles.